The molecule has 0 heterocycles. The van der Waals surface area contributed by atoms with E-state index in [4.69, 9.17) is 9.47 Å². The van der Waals surface area contributed by atoms with E-state index in [0.717, 1.165) is 5.56 Å². The Morgan fingerprint density at radius 1 is 0.884 bits per heavy atom. The molecule has 0 aliphatic carbocycles. The van der Waals surface area contributed by atoms with Gasteiger partial charge in [0.25, 0.3) is 5.91 Å². The average Bonchev–Trinajstić information content (AvgIpc) is 3.03. The van der Waals surface area contributed by atoms with Crippen LogP contribution in [0.15, 0.2) is 115 Å². The van der Waals surface area contributed by atoms with Crippen molar-refractivity contribution in [1.29, 1.82) is 0 Å². The van der Waals surface area contributed by atoms with Crippen LogP contribution in [0.3, 0.4) is 0 Å². The molecular weight excluding hydrogens is 547 g/mol. The van der Waals surface area contributed by atoms with Gasteiger partial charge in [-0.1, -0.05) is 61.2 Å². The van der Waals surface area contributed by atoms with Gasteiger partial charge in [-0.25, -0.2) is 9.18 Å². The predicted octanol–water partition coefficient (Wildman–Crippen LogP) is 6.24. The number of nitrogens with zero attached hydrogens (tertiary/aromatic N) is 1. The average molecular weight is 581 g/mol. The van der Waals surface area contributed by atoms with E-state index in [2.05, 4.69) is 11.9 Å². The summed E-state index contributed by atoms with van der Waals surface area (Å²) in [6, 6.07) is 28.1. The zero-order valence-corrected chi connectivity index (χ0v) is 24.1. The molecular formula is C35H33FN2O5. The molecule has 1 N–H and O–H groups in total. The maximum atomic E-state index is 13.4. The Morgan fingerprint density at radius 3 is 2.19 bits per heavy atom. The van der Waals surface area contributed by atoms with Crippen LogP contribution in [0, 0.1) is 5.82 Å². The van der Waals surface area contributed by atoms with Crippen molar-refractivity contribution in [2.75, 3.05) is 30.5 Å². The number of anilines is 2. The minimum atomic E-state index is -0.751. The van der Waals surface area contributed by atoms with Crippen LogP contribution in [0.5, 0.6) is 5.75 Å². The summed E-state index contributed by atoms with van der Waals surface area (Å²) >= 11 is 0. The molecule has 0 spiro atoms. The highest BCUT2D eigenvalue weighted by Gasteiger charge is 2.23. The first-order valence-corrected chi connectivity index (χ1v) is 13.7. The van der Waals surface area contributed by atoms with E-state index in [1.54, 1.807) is 67.6 Å². The largest absolute Gasteiger partial charge is 0.492 e. The first kappa shape index (κ1) is 30.7. The molecule has 0 radical (unpaired) electrons. The van der Waals surface area contributed by atoms with Gasteiger partial charge in [-0.15, -0.1) is 0 Å². The van der Waals surface area contributed by atoms with Gasteiger partial charge in [0.05, 0.1) is 13.7 Å². The molecule has 7 nitrogen and oxygen atoms in total. The fourth-order valence-corrected chi connectivity index (χ4v) is 4.49. The third kappa shape index (κ3) is 8.16. The van der Waals surface area contributed by atoms with Gasteiger partial charge in [0, 0.05) is 34.5 Å². The smallest absolute Gasteiger partial charge is 0.328 e. The number of carbonyl (C=O) groups excluding carboxylic acids is 3. The highest BCUT2D eigenvalue weighted by molar-refractivity contribution is 6.12. The molecule has 0 bridgehead atoms. The van der Waals surface area contributed by atoms with E-state index in [1.165, 1.54) is 36.3 Å². The summed E-state index contributed by atoms with van der Waals surface area (Å²) in [5, 5.41) is 3.20. The van der Waals surface area contributed by atoms with Crippen molar-refractivity contribution in [2.24, 2.45) is 0 Å². The van der Waals surface area contributed by atoms with Crippen LogP contribution in [0.25, 0.3) is 0 Å². The highest BCUT2D eigenvalue weighted by atomic mass is 19.1. The Morgan fingerprint density at radius 2 is 1.53 bits per heavy atom. The van der Waals surface area contributed by atoms with Gasteiger partial charge in [0.2, 0.25) is 0 Å². The van der Waals surface area contributed by atoms with Crippen molar-refractivity contribution >= 4 is 29.0 Å². The van der Waals surface area contributed by atoms with Gasteiger partial charge in [-0.2, -0.15) is 0 Å². The topological polar surface area (TPSA) is 84.9 Å². The summed E-state index contributed by atoms with van der Waals surface area (Å²) in [4.78, 5) is 40.1. The monoisotopic (exact) mass is 580 g/mol. The zero-order valence-electron chi connectivity index (χ0n) is 24.1. The number of amides is 1. The molecule has 4 aromatic rings. The third-order valence-corrected chi connectivity index (χ3v) is 6.72. The van der Waals surface area contributed by atoms with E-state index in [1.807, 2.05) is 18.2 Å². The lowest BCUT2D eigenvalue weighted by atomic mass is 10.00. The maximum absolute atomic E-state index is 13.4. The number of carbonyl (C=O) groups is 3. The van der Waals surface area contributed by atoms with Gasteiger partial charge in [-0.05, 0) is 61.0 Å². The number of para-hydroxylation sites is 1. The molecule has 0 aliphatic rings. The predicted molar refractivity (Wildman–Crippen MR) is 165 cm³/mol. The van der Waals surface area contributed by atoms with Crippen LogP contribution in [-0.2, 0) is 20.7 Å². The summed E-state index contributed by atoms with van der Waals surface area (Å²) < 4.78 is 24.3. The van der Waals surface area contributed by atoms with Gasteiger partial charge in [0.15, 0.2) is 5.78 Å². The molecule has 0 fully saturated rings. The van der Waals surface area contributed by atoms with Crippen molar-refractivity contribution in [1.82, 2.24) is 0 Å². The van der Waals surface area contributed by atoms with Gasteiger partial charge in [-0.3, -0.25) is 9.59 Å². The minimum Gasteiger partial charge on any atom is -0.492 e. The van der Waals surface area contributed by atoms with Gasteiger partial charge < -0.3 is 19.7 Å². The Kier molecular flexibility index (Phi) is 10.4. The number of hydrogen-bond acceptors (Lipinski definition) is 6. The van der Waals surface area contributed by atoms with E-state index in [0.29, 0.717) is 40.2 Å². The molecule has 43 heavy (non-hydrogen) atoms. The Hall–Kier alpha value is -5.24. The van der Waals surface area contributed by atoms with Crippen LogP contribution in [0.2, 0.25) is 0 Å². The SMILES string of the molecule is C=C(C)C(=O)N(CCOc1ccc(C[C@H](Nc2ccccc2C(=O)c2ccccc2)C(=O)OC)cc1)c1ccc(F)cc1. The second-order valence-corrected chi connectivity index (χ2v) is 9.87. The molecule has 0 aliphatic heterocycles. The number of ether oxygens (including phenoxy) is 2. The van der Waals surface area contributed by atoms with Crippen LogP contribution >= 0.6 is 0 Å². The normalized spacial score (nSPS) is 11.2. The van der Waals surface area contributed by atoms with Crippen LogP contribution < -0.4 is 15.0 Å². The quantitative estimate of drug-likeness (QED) is 0.115. The molecule has 1 amide bonds. The second-order valence-electron chi connectivity index (χ2n) is 9.87. The summed E-state index contributed by atoms with van der Waals surface area (Å²) in [7, 11) is 1.32. The molecule has 0 saturated carbocycles. The molecule has 4 rings (SSSR count). The van der Waals surface area contributed by atoms with Gasteiger partial charge in [0.1, 0.15) is 24.2 Å². The van der Waals surface area contributed by atoms with Crippen molar-refractivity contribution in [3.05, 3.63) is 138 Å². The molecule has 0 saturated heterocycles. The number of halogens is 1. The number of rotatable bonds is 13. The van der Waals surface area contributed by atoms with Crippen molar-refractivity contribution in [3.8, 4) is 5.75 Å². The molecule has 0 unspecified atom stereocenters. The summed E-state index contributed by atoms with van der Waals surface area (Å²) in [5.41, 5.74) is 3.27. The molecule has 4 aromatic carbocycles. The fraction of sp³-hybridized carbons (Fsp3) is 0.171. The minimum absolute atomic E-state index is 0.156. The first-order valence-electron chi connectivity index (χ1n) is 13.7. The summed E-state index contributed by atoms with van der Waals surface area (Å²) in [6.45, 7) is 5.77. The number of ketones is 1. The van der Waals surface area contributed by atoms with E-state index >= 15 is 0 Å². The van der Waals surface area contributed by atoms with Crippen molar-refractivity contribution in [3.63, 3.8) is 0 Å². The number of hydrogen-bond donors (Lipinski definition) is 1. The molecule has 8 heteroatoms. The summed E-state index contributed by atoms with van der Waals surface area (Å²) in [6.07, 6.45) is 0.298. The van der Waals surface area contributed by atoms with Crippen molar-refractivity contribution in [2.45, 2.75) is 19.4 Å². The first-order chi connectivity index (χ1) is 20.8. The molecule has 0 aromatic heterocycles. The Balaban J connectivity index is 1.42. The third-order valence-electron chi connectivity index (χ3n) is 6.72. The number of nitrogens with one attached hydrogen (secondary N) is 1. The number of methoxy groups -OCH3 is 1. The standard InChI is InChI=1S/C35H33FN2O5/c1-24(2)34(40)38(28-17-15-27(36)16-18-28)21-22-43-29-19-13-25(14-20-29)23-32(35(41)42-3)37-31-12-8-7-11-30(31)33(39)26-9-5-4-6-10-26/h4-20,32,37H,1,21-23H2,2-3H3/t32-/m0/s1. The molecule has 220 valence electrons. The van der Waals surface area contributed by atoms with E-state index < -0.39 is 17.8 Å². The highest BCUT2D eigenvalue weighted by Crippen LogP contribution is 2.23. The van der Waals surface area contributed by atoms with E-state index in [9.17, 15) is 18.8 Å². The van der Waals surface area contributed by atoms with Crippen molar-refractivity contribution < 1.29 is 28.2 Å². The zero-order chi connectivity index (χ0) is 30.8. The number of esters is 1. The Bertz CT molecular complexity index is 1570. The fourth-order valence-electron chi connectivity index (χ4n) is 4.49. The van der Waals surface area contributed by atoms with Crippen LogP contribution in [-0.4, -0.2) is 44.0 Å². The summed E-state index contributed by atoms with van der Waals surface area (Å²) in [5.74, 6) is -0.717. The molecule has 1 atom stereocenters. The lowest BCUT2D eigenvalue weighted by Crippen LogP contribution is -2.35. The lowest BCUT2D eigenvalue weighted by Gasteiger charge is -2.23. The van der Waals surface area contributed by atoms with Crippen LogP contribution in [0.4, 0.5) is 15.8 Å². The van der Waals surface area contributed by atoms with E-state index in [-0.39, 0.29) is 24.8 Å². The number of benzene rings is 4. The Labute approximate surface area is 250 Å². The lowest BCUT2D eigenvalue weighted by molar-refractivity contribution is -0.141. The van der Waals surface area contributed by atoms with Gasteiger partial charge >= 0.3 is 5.97 Å². The maximum Gasteiger partial charge on any atom is 0.328 e. The van der Waals surface area contributed by atoms with Crippen LogP contribution in [0.1, 0.15) is 28.4 Å². The second kappa shape index (κ2) is 14.6.